The maximum atomic E-state index is 12.7. The van der Waals surface area contributed by atoms with Crippen molar-refractivity contribution >= 4 is 16.5 Å². The van der Waals surface area contributed by atoms with Gasteiger partial charge in [0.25, 0.3) is 0 Å². The molecular formula is C19H16F3N. The van der Waals surface area contributed by atoms with Crippen molar-refractivity contribution in [2.24, 2.45) is 0 Å². The fourth-order valence-corrected chi connectivity index (χ4v) is 2.64. The second kappa shape index (κ2) is 5.61. The molecule has 0 aliphatic rings. The molecule has 0 atom stereocenters. The summed E-state index contributed by atoms with van der Waals surface area (Å²) >= 11 is 0. The Balaban J connectivity index is 2.09. The van der Waals surface area contributed by atoms with Crippen LogP contribution in [-0.4, -0.2) is 14.1 Å². The van der Waals surface area contributed by atoms with E-state index < -0.39 is 11.7 Å². The van der Waals surface area contributed by atoms with Crippen LogP contribution in [0.3, 0.4) is 0 Å². The lowest BCUT2D eigenvalue weighted by molar-refractivity contribution is -0.137. The monoisotopic (exact) mass is 315 g/mol. The Hall–Kier alpha value is -2.49. The number of fused-ring (bicyclic) bond motifs is 1. The van der Waals surface area contributed by atoms with Gasteiger partial charge in [0, 0.05) is 19.8 Å². The van der Waals surface area contributed by atoms with Crippen LogP contribution in [0.5, 0.6) is 0 Å². The van der Waals surface area contributed by atoms with Gasteiger partial charge in [-0.25, -0.2) is 0 Å². The van der Waals surface area contributed by atoms with E-state index >= 15 is 0 Å². The average molecular weight is 315 g/mol. The molecule has 0 unspecified atom stereocenters. The third-order valence-corrected chi connectivity index (χ3v) is 3.90. The van der Waals surface area contributed by atoms with Crippen LogP contribution < -0.4 is 4.90 Å². The number of hydrogen-bond acceptors (Lipinski definition) is 1. The maximum Gasteiger partial charge on any atom is 0.416 e. The Morgan fingerprint density at radius 1 is 0.826 bits per heavy atom. The predicted octanol–water partition coefficient (Wildman–Crippen LogP) is 5.59. The quantitative estimate of drug-likeness (QED) is 0.595. The smallest absolute Gasteiger partial charge is 0.378 e. The van der Waals surface area contributed by atoms with Crippen molar-refractivity contribution in [2.75, 3.05) is 19.0 Å². The first-order valence-corrected chi connectivity index (χ1v) is 7.24. The molecule has 0 fully saturated rings. The number of benzene rings is 3. The molecule has 4 heteroatoms. The topological polar surface area (TPSA) is 3.24 Å². The van der Waals surface area contributed by atoms with Crippen LogP contribution in [0, 0.1) is 0 Å². The lowest BCUT2D eigenvalue weighted by Gasteiger charge is -2.15. The summed E-state index contributed by atoms with van der Waals surface area (Å²) in [4.78, 5) is 2.02. The molecular weight excluding hydrogens is 299 g/mol. The third-order valence-electron chi connectivity index (χ3n) is 3.90. The minimum atomic E-state index is -4.31. The van der Waals surface area contributed by atoms with Crippen molar-refractivity contribution in [1.29, 1.82) is 0 Å². The first-order valence-electron chi connectivity index (χ1n) is 7.24. The van der Waals surface area contributed by atoms with E-state index in [1.165, 1.54) is 12.1 Å². The minimum absolute atomic E-state index is 0.628. The summed E-state index contributed by atoms with van der Waals surface area (Å²) in [7, 11) is 3.95. The summed E-state index contributed by atoms with van der Waals surface area (Å²) in [6, 6.07) is 17.3. The van der Waals surface area contributed by atoms with Gasteiger partial charge in [-0.15, -0.1) is 0 Å². The highest BCUT2D eigenvalue weighted by atomic mass is 19.4. The Bertz CT molecular complexity index is 833. The Morgan fingerprint density at radius 2 is 1.52 bits per heavy atom. The van der Waals surface area contributed by atoms with Gasteiger partial charge in [0.05, 0.1) is 5.56 Å². The molecule has 0 aliphatic carbocycles. The summed E-state index contributed by atoms with van der Waals surface area (Å²) in [6.45, 7) is 0. The van der Waals surface area contributed by atoms with Crippen molar-refractivity contribution in [2.45, 2.75) is 6.18 Å². The largest absolute Gasteiger partial charge is 0.416 e. The number of halogens is 3. The summed E-state index contributed by atoms with van der Waals surface area (Å²) in [5.74, 6) is 0. The van der Waals surface area contributed by atoms with Gasteiger partial charge in [0.2, 0.25) is 0 Å². The van der Waals surface area contributed by atoms with Crippen LogP contribution >= 0.6 is 0 Å². The molecule has 118 valence electrons. The predicted molar refractivity (Wildman–Crippen MR) is 88.7 cm³/mol. The lowest BCUT2D eigenvalue weighted by Crippen LogP contribution is -2.08. The lowest BCUT2D eigenvalue weighted by atomic mass is 9.97. The number of nitrogens with zero attached hydrogens (tertiary/aromatic N) is 1. The molecule has 3 rings (SSSR count). The molecule has 0 amide bonds. The molecule has 0 aromatic heterocycles. The van der Waals surface area contributed by atoms with Crippen LogP contribution in [0.2, 0.25) is 0 Å². The molecule has 3 aromatic rings. The number of hydrogen-bond donors (Lipinski definition) is 0. The molecule has 0 saturated heterocycles. The highest BCUT2D eigenvalue weighted by Crippen LogP contribution is 2.34. The van der Waals surface area contributed by atoms with E-state index in [4.69, 9.17) is 0 Å². The van der Waals surface area contributed by atoms with Gasteiger partial charge in [-0.05, 0) is 46.2 Å². The molecule has 0 N–H and O–H groups in total. The number of rotatable bonds is 2. The van der Waals surface area contributed by atoms with Gasteiger partial charge in [-0.3, -0.25) is 0 Å². The van der Waals surface area contributed by atoms with Crippen molar-refractivity contribution in [3.63, 3.8) is 0 Å². The number of alkyl halides is 3. The van der Waals surface area contributed by atoms with Gasteiger partial charge in [-0.1, -0.05) is 36.4 Å². The van der Waals surface area contributed by atoms with E-state index in [2.05, 4.69) is 6.07 Å². The van der Waals surface area contributed by atoms with E-state index in [0.29, 0.717) is 0 Å². The third kappa shape index (κ3) is 3.02. The average Bonchev–Trinajstić information content (AvgIpc) is 2.53. The van der Waals surface area contributed by atoms with E-state index in [1.807, 2.05) is 49.3 Å². The maximum absolute atomic E-state index is 12.7. The van der Waals surface area contributed by atoms with Crippen molar-refractivity contribution in [3.8, 4) is 11.1 Å². The summed E-state index contributed by atoms with van der Waals surface area (Å²) in [6.07, 6.45) is -4.31. The van der Waals surface area contributed by atoms with Gasteiger partial charge >= 0.3 is 6.18 Å². The fourth-order valence-electron chi connectivity index (χ4n) is 2.64. The molecule has 0 aliphatic heterocycles. The first-order chi connectivity index (χ1) is 10.9. The van der Waals surface area contributed by atoms with Gasteiger partial charge in [0.1, 0.15) is 0 Å². The Labute approximate surface area is 133 Å². The Morgan fingerprint density at radius 3 is 2.13 bits per heavy atom. The van der Waals surface area contributed by atoms with Crippen LogP contribution in [-0.2, 0) is 6.18 Å². The highest BCUT2D eigenvalue weighted by Gasteiger charge is 2.30. The van der Waals surface area contributed by atoms with E-state index in [1.54, 1.807) is 0 Å². The van der Waals surface area contributed by atoms with Crippen molar-refractivity contribution < 1.29 is 13.2 Å². The zero-order valence-corrected chi connectivity index (χ0v) is 12.9. The molecule has 0 heterocycles. The molecule has 0 bridgehead atoms. The second-order valence-electron chi connectivity index (χ2n) is 5.68. The summed E-state index contributed by atoms with van der Waals surface area (Å²) in [5.41, 5.74) is 2.17. The molecule has 23 heavy (non-hydrogen) atoms. The zero-order valence-electron chi connectivity index (χ0n) is 12.9. The molecule has 0 saturated carbocycles. The fraction of sp³-hybridized carbons (Fsp3) is 0.158. The number of anilines is 1. The van der Waals surface area contributed by atoms with Crippen molar-refractivity contribution in [3.05, 3.63) is 66.2 Å². The molecule has 1 nitrogen and oxygen atoms in total. The molecule has 0 spiro atoms. The summed E-state index contributed by atoms with van der Waals surface area (Å²) in [5, 5.41) is 2.09. The minimum Gasteiger partial charge on any atom is -0.378 e. The standard InChI is InChI=1S/C19H16F3N/c1-23(2)16-10-11-18-14(12-16)4-3-5-17(18)13-6-8-15(9-7-13)19(20,21)22/h3-12H,1-2H3. The van der Waals surface area contributed by atoms with Crippen LogP contribution in [0.25, 0.3) is 21.9 Å². The normalized spacial score (nSPS) is 11.7. The zero-order chi connectivity index (χ0) is 16.6. The van der Waals surface area contributed by atoms with E-state index in [0.717, 1.165) is 39.7 Å². The van der Waals surface area contributed by atoms with Crippen LogP contribution in [0.1, 0.15) is 5.56 Å². The molecule has 3 aromatic carbocycles. The van der Waals surface area contributed by atoms with E-state index in [9.17, 15) is 13.2 Å². The molecule has 0 radical (unpaired) electrons. The van der Waals surface area contributed by atoms with Crippen molar-refractivity contribution in [1.82, 2.24) is 0 Å². The van der Waals surface area contributed by atoms with Crippen LogP contribution in [0.15, 0.2) is 60.7 Å². The second-order valence-corrected chi connectivity index (χ2v) is 5.68. The van der Waals surface area contributed by atoms with Gasteiger partial charge in [-0.2, -0.15) is 13.2 Å². The van der Waals surface area contributed by atoms with Gasteiger partial charge in [0.15, 0.2) is 0 Å². The highest BCUT2D eigenvalue weighted by molar-refractivity contribution is 5.98. The first kappa shape index (κ1) is 15.4. The van der Waals surface area contributed by atoms with Gasteiger partial charge < -0.3 is 4.90 Å². The van der Waals surface area contributed by atoms with E-state index in [-0.39, 0.29) is 0 Å². The Kier molecular flexibility index (Phi) is 3.76. The SMILES string of the molecule is CN(C)c1ccc2c(-c3ccc(C(F)(F)F)cc3)cccc2c1. The summed E-state index contributed by atoms with van der Waals surface area (Å²) < 4.78 is 38.1. The van der Waals surface area contributed by atoms with Crippen LogP contribution in [0.4, 0.5) is 18.9 Å².